The van der Waals surface area contributed by atoms with Crippen molar-refractivity contribution in [1.29, 1.82) is 0 Å². The van der Waals surface area contributed by atoms with Crippen LogP contribution in [0.1, 0.15) is 20.7 Å². The number of esters is 1. The molecule has 1 amide bonds. The average Bonchev–Trinajstić information content (AvgIpc) is 3.12. The smallest absolute Gasteiger partial charge is 0.341 e. The van der Waals surface area contributed by atoms with E-state index in [0.29, 0.717) is 22.7 Å². The molecule has 0 bridgehead atoms. The van der Waals surface area contributed by atoms with Crippen LogP contribution in [0.25, 0.3) is 11.1 Å². The van der Waals surface area contributed by atoms with Crippen LogP contribution in [0.5, 0.6) is 0 Å². The highest BCUT2D eigenvalue weighted by Crippen LogP contribution is 2.36. The molecule has 1 heterocycles. The second kappa shape index (κ2) is 10.8. The van der Waals surface area contributed by atoms with Gasteiger partial charge in [-0.1, -0.05) is 48.5 Å². The van der Waals surface area contributed by atoms with E-state index in [9.17, 15) is 9.59 Å². The lowest BCUT2D eigenvalue weighted by Crippen LogP contribution is -2.21. The quantitative estimate of drug-likeness (QED) is 0.546. The van der Waals surface area contributed by atoms with Crippen LogP contribution in [-0.4, -0.2) is 44.0 Å². The van der Waals surface area contributed by atoms with Gasteiger partial charge in [-0.25, -0.2) is 4.79 Å². The summed E-state index contributed by atoms with van der Waals surface area (Å²) in [6.45, 7) is 0.907. The summed E-state index contributed by atoms with van der Waals surface area (Å²) in [5.41, 5.74) is 2.57. The number of nitrogens with zero attached hydrogens (tertiary/aromatic N) is 1. The molecule has 1 N–H and O–H groups in total. The van der Waals surface area contributed by atoms with Crippen LogP contribution < -0.4 is 5.32 Å². The third kappa shape index (κ3) is 5.90. The van der Waals surface area contributed by atoms with Crippen molar-refractivity contribution < 1.29 is 14.3 Å². The molecule has 0 radical (unpaired) electrons. The summed E-state index contributed by atoms with van der Waals surface area (Å²) in [4.78, 5) is 27.4. The van der Waals surface area contributed by atoms with Crippen LogP contribution in [0.4, 0.5) is 5.00 Å². The van der Waals surface area contributed by atoms with Crippen molar-refractivity contribution in [2.45, 2.75) is 0 Å². The first kappa shape index (κ1) is 22.6. The first-order valence-corrected chi connectivity index (χ1v) is 9.79. The summed E-state index contributed by atoms with van der Waals surface area (Å²) < 4.78 is 5.46. The van der Waals surface area contributed by atoms with Crippen molar-refractivity contribution in [1.82, 2.24) is 4.90 Å². The van der Waals surface area contributed by atoms with Gasteiger partial charge in [-0.15, -0.1) is 23.7 Å². The minimum absolute atomic E-state index is 0. The van der Waals surface area contributed by atoms with E-state index in [1.807, 2.05) is 60.8 Å². The zero-order chi connectivity index (χ0) is 19.9. The zero-order valence-corrected chi connectivity index (χ0v) is 17.9. The Bertz CT molecular complexity index is 943. The summed E-state index contributed by atoms with van der Waals surface area (Å²) >= 11 is 1.32. The fraction of sp³-hybridized carbons (Fsp3) is 0.182. The van der Waals surface area contributed by atoms with Gasteiger partial charge in [-0.3, -0.25) is 4.79 Å². The van der Waals surface area contributed by atoms with Gasteiger partial charge in [0.15, 0.2) is 0 Å². The van der Waals surface area contributed by atoms with E-state index in [1.54, 1.807) is 24.3 Å². The molecule has 29 heavy (non-hydrogen) atoms. The number of hydrogen-bond donors (Lipinski definition) is 1. The van der Waals surface area contributed by atoms with Crippen LogP contribution in [0.3, 0.4) is 0 Å². The molecule has 0 unspecified atom stereocenters. The van der Waals surface area contributed by atoms with E-state index in [1.165, 1.54) is 11.3 Å². The van der Waals surface area contributed by atoms with Crippen molar-refractivity contribution in [3.05, 3.63) is 77.2 Å². The molecule has 1 aromatic heterocycles. The van der Waals surface area contributed by atoms with Crippen molar-refractivity contribution in [2.75, 3.05) is 32.6 Å². The van der Waals surface area contributed by atoms with Gasteiger partial charge in [0.1, 0.15) is 17.2 Å². The van der Waals surface area contributed by atoms with Crippen LogP contribution in [-0.2, 0) is 4.74 Å². The molecule has 7 heteroatoms. The Morgan fingerprint density at radius 2 is 1.62 bits per heavy atom. The number of likely N-dealkylation sites (N-methyl/N-ethyl adjacent to an activating group) is 1. The topological polar surface area (TPSA) is 58.6 Å². The number of hydrogen-bond acceptors (Lipinski definition) is 5. The predicted octanol–water partition coefficient (Wildman–Crippen LogP) is 4.81. The molecule has 0 saturated carbocycles. The number of thiophene rings is 1. The van der Waals surface area contributed by atoms with Gasteiger partial charge in [0.25, 0.3) is 5.91 Å². The Kier molecular flexibility index (Phi) is 8.39. The van der Waals surface area contributed by atoms with Gasteiger partial charge < -0.3 is 15.0 Å². The van der Waals surface area contributed by atoms with Gasteiger partial charge >= 0.3 is 5.97 Å². The summed E-state index contributed by atoms with van der Waals surface area (Å²) in [6.07, 6.45) is 0. The number of carbonyl (C=O) groups is 2. The molecule has 0 aliphatic rings. The van der Waals surface area contributed by atoms with E-state index in [4.69, 9.17) is 4.74 Å². The largest absolute Gasteiger partial charge is 0.461 e. The number of ether oxygens (including phenoxy) is 1. The molecule has 152 valence electrons. The zero-order valence-electron chi connectivity index (χ0n) is 16.3. The van der Waals surface area contributed by atoms with Crippen LogP contribution in [0.15, 0.2) is 66.0 Å². The van der Waals surface area contributed by atoms with Gasteiger partial charge in [0.2, 0.25) is 0 Å². The van der Waals surface area contributed by atoms with E-state index in [2.05, 4.69) is 5.32 Å². The van der Waals surface area contributed by atoms with Gasteiger partial charge in [-0.05, 0) is 31.8 Å². The van der Waals surface area contributed by atoms with Crippen LogP contribution in [0.2, 0.25) is 0 Å². The highest BCUT2D eigenvalue weighted by molar-refractivity contribution is 7.15. The number of anilines is 1. The number of rotatable bonds is 7. The Balaban J connectivity index is 0.00000300. The SMILES string of the molecule is CN(C)CCOC(=O)c1c(-c2ccccc2)csc1NC(=O)c1ccccc1.Cl. The van der Waals surface area contributed by atoms with E-state index < -0.39 is 5.97 Å². The molecule has 0 aliphatic heterocycles. The average molecular weight is 431 g/mol. The van der Waals surface area contributed by atoms with Crippen molar-refractivity contribution in [3.63, 3.8) is 0 Å². The minimum Gasteiger partial charge on any atom is -0.461 e. The molecule has 3 rings (SSSR count). The fourth-order valence-corrected chi connectivity index (χ4v) is 3.59. The Morgan fingerprint density at radius 3 is 2.24 bits per heavy atom. The summed E-state index contributed by atoms with van der Waals surface area (Å²) in [7, 11) is 3.83. The van der Waals surface area contributed by atoms with E-state index in [-0.39, 0.29) is 24.9 Å². The molecule has 0 aliphatic carbocycles. The summed E-state index contributed by atoms with van der Waals surface area (Å²) in [5, 5.41) is 5.23. The number of carbonyl (C=O) groups excluding carboxylic acids is 2. The number of halogens is 1. The summed E-state index contributed by atoms with van der Waals surface area (Å²) in [5.74, 6) is -0.699. The second-order valence-corrected chi connectivity index (χ2v) is 7.36. The van der Waals surface area contributed by atoms with E-state index in [0.717, 1.165) is 11.1 Å². The van der Waals surface area contributed by atoms with Gasteiger partial charge in [0.05, 0.1) is 0 Å². The first-order chi connectivity index (χ1) is 13.6. The molecule has 5 nitrogen and oxygen atoms in total. The van der Waals surface area contributed by atoms with Crippen LogP contribution >= 0.6 is 23.7 Å². The maximum Gasteiger partial charge on any atom is 0.341 e. The molecule has 0 atom stereocenters. The van der Waals surface area contributed by atoms with Gasteiger partial charge in [0, 0.05) is 23.1 Å². The molecular weight excluding hydrogens is 408 g/mol. The van der Waals surface area contributed by atoms with Crippen molar-refractivity contribution in [2.24, 2.45) is 0 Å². The molecule has 3 aromatic rings. The van der Waals surface area contributed by atoms with Gasteiger partial charge in [-0.2, -0.15) is 0 Å². The molecule has 0 fully saturated rings. The predicted molar refractivity (Wildman–Crippen MR) is 120 cm³/mol. The Hall–Kier alpha value is -2.67. The fourth-order valence-electron chi connectivity index (χ4n) is 2.64. The highest BCUT2D eigenvalue weighted by Gasteiger charge is 2.23. The Labute approximate surface area is 180 Å². The van der Waals surface area contributed by atoms with Crippen molar-refractivity contribution in [3.8, 4) is 11.1 Å². The number of benzene rings is 2. The lowest BCUT2D eigenvalue weighted by molar-refractivity contribution is 0.0484. The Morgan fingerprint density at radius 1 is 1.00 bits per heavy atom. The molecular formula is C22H23ClN2O3S. The normalized spacial score (nSPS) is 10.3. The number of nitrogens with one attached hydrogen (secondary N) is 1. The molecule has 0 saturated heterocycles. The second-order valence-electron chi connectivity index (χ2n) is 6.48. The molecule has 2 aromatic carbocycles. The standard InChI is InChI=1S/C22H22N2O3S.ClH/c1-24(2)13-14-27-22(26)19-18(16-9-5-3-6-10-16)15-28-21(19)23-20(25)17-11-7-4-8-12-17;/h3-12,15H,13-14H2,1-2H3,(H,23,25);1H. The lowest BCUT2D eigenvalue weighted by atomic mass is 10.0. The first-order valence-electron chi connectivity index (χ1n) is 8.91. The third-order valence-corrected chi connectivity index (χ3v) is 5.01. The molecule has 0 spiro atoms. The monoisotopic (exact) mass is 430 g/mol. The maximum atomic E-state index is 12.8. The number of amides is 1. The van der Waals surface area contributed by atoms with E-state index >= 15 is 0 Å². The maximum absolute atomic E-state index is 12.8. The van der Waals surface area contributed by atoms with Crippen LogP contribution in [0, 0.1) is 0 Å². The lowest BCUT2D eigenvalue weighted by Gasteiger charge is -2.12. The van der Waals surface area contributed by atoms with Crippen molar-refractivity contribution >= 4 is 40.6 Å². The third-order valence-electron chi connectivity index (χ3n) is 4.11. The summed E-state index contributed by atoms with van der Waals surface area (Å²) in [6, 6.07) is 18.5. The minimum atomic E-state index is -0.440. The highest BCUT2D eigenvalue weighted by atomic mass is 35.5.